The highest BCUT2D eigenvalue weighted by molar-refractivity contribution is 6.34. The van der Waals surface area contributed by atoms with Crippen molar-refractivity contribution in [3.63, 3.8) is 0 Å². The van der Waals surface area contributed by atoms with Crippen LogP contribution in [0.5, 0.6) is 0 Å². The number of ketones is 3. The summed E-state index contributed by atoms with van der Waals surface area (Å²) in [4.78, 5) is 33.3. The van der Waals surface area contributed by atoms with Gasteiger partial charge >= 0.3 is 0 Å². The smallest absolute Gasteiger partial charge is 0.189 e. The van der Waals surface area contributed by atoms with E-state index in [9.17, 15) is 14.4 Å². The predicted molar refractivity (Wildman–Crippen MR) is 40.4 cm³/mol. The van der Waals surface area contributed by atoms with Crippen LogP contribution in [0.2, 0.25) is 0 Å². The number of carbonyl (C=O) groups excluding carboxylic acids is 3. The van der Waals surface area contributed by atoms with Crippen LogP contribution in [-0.4, -0.2) is 17.3 Å². The zero-order chi connectivity index (χ0) is 8.72. The van der Waals surface area contributed by atoms with Crippen molar-refractivity contribution in [2.45, 2.75) is 12.8 Å². The van der Waals surface area contributed by atoms with Gasteiger partial charge in [-0.1, -0.05) is 0 Å². The highest BCUT2D eigenvalue weighted by Gasteiger charge is 2.32. The van der Waals surface area contributed by atoms with Crippen molar-refractivity contribution >= 4 is 17.3 Å². The van der Waals surface area contributed by atoms with Crippen molar-refractivity contribution in [1.82, 2.24) is 0 Å². The monoisotopic (exact) mass is 162 g/mol. The number of Topliss-reactive ketones (excluding diaryl/α,β-unsaturated/α-hetero) is 1. The van der Waals surface area contributed by atoms with Crippen molar-refractivity contribution in [1.29, 1.82) is 0 Å². The van der Waals surface area contributed by atoms with E-state index in [1.165, 1.54) is 12.2 Å². The van der Waals surface area contributed by atoms with Crippen molar-refractivity contribution in [3.05, 3.63) is 23.3 Å². The van der Waals surface area contributed by atoms with Crippen molar-refractivity contribution in [2.24, 2.45) is 0 Å². The lowest BCUT2D eigenvalue weighted by molar-refractivity contribution is -0.120. The fraction of sp³-hybridized carbons (Fsp3) is 0.222. The molecule has 12 heavy (non-hydrogen) atoms. The van der Waals surface area contributed by atoms with E-state index in [0.717, 1.165) is 0 Å². The summed E-state index contributed by atoms with van der Waals surface area (Å²) in [6.45, 7) is 0. The first-order chi connectivity index (χ1) is 5.70. The van der Waals surface area contributed by atoms with Gasteiger partial charge in [0.05, 0.1) is 5.57 Å². The van der Waals surface area contributed by atoms with E-state index in [0.29, 0.717) is 18.4 Å². The Kier molecular flexibility index (Phi) is 1.33. The maximum absolute atomic E-state index is 11.1. The van der Waals surface area contributed by atoms with Gasteiger partial charge in [-0.05, 0) is 18.6 Å². The normalized spacial score (nSPS) is 22.2. The maximum Gasteiger partial charge on any atom is 0.189 e. The first-order valence-electron chi connectivity index (χ1n) is 3.73. The molecular formula is C9H6O3. The largest absolute Gasteiger partial charge is 0.294 e. The van der Waals surface area contributed by atoms with Crippen LogP contribution < -0.4 is 0 Å². The minimum Gasteiger partial charge on any atom is -0.294 e. The van der Waals surface area contributed by atoms with Crippen LogP contribution >= 0.6 is 0 Å². The molecule has 2 rings (SSSR count). The molecule has 0 aromatic carbocycles. The minimum atomic E-state index is -0.313. The third-order valence-electron chi connectivity index (χ3n) is 2.11. The average molecular weight is 162 g/mol. The van der Waals surface area contributed by atoms with Gasteiger partial charge in [0, 0.05) is 12.0 Å². The first kappa shape index (κ1) is 7.16. The molecule has 0 aromatic rings. The molecule has 0 saturated heterocycles. The number of hydrogen-bond donors (Lipinski definition) is 0. The van der Waals surface area contributed by atoms with Crippen LogP contribution in [-0.2, 0) is 14.4 Å². The first-order valence-corrected chi connectivity index (χ1v) is 3.73. The van der Waals surface area contributed by atoms with Gasteiger partial charge in [0.2, 0.25) is 0 Å². The fourth-order valence-electron chi connectivity index (χ4n) is 1.52. The highest BCUT2D eigenvalue weighted by Crippen LogP contribution is 2.27. The quantitative estimate of drug-likeness (QED) is 0.381. The Bertz CT molecular complexity index is 358. The Hall–Kier alpha value is -1.51. The second-order valence-corrected chi connectivity index (χ2v) is 2.84. The molecule has 0 saturated carbocycles. The highest BCUT2D eigenvalue weighted by atomic mass is 16.2. The zero-order valence-corrected chi connectivity index (χ0v) is 6.29. The molecule has 0 fully saturated rings. The second kappa shape index (κ2) is 2.24. The van der Waals surface area contributed by atoms with Gasteiger partial charge in [0.25, 0.3) is 0 Å². The summed E-state index contributed by atoms with van der Waals surface area (Å²) in [5, 5.41) is 0. The number of hydrogen-bond acceptors (Lipinski definition) is 3. The zero-order valence-electron chi connectivity index (χ0n) is 6.29. The van der Waals surface area contributed by atoms with E-state index in [4.69, 9.17) is 0 Å². The van der Waals surface area contributed by atoms with Crippen molar-refractivity contribution < 1.29 is 14.4 Å². The van der Waals surface area contributed by atoms with Crippen molar-refractivity contribution in [2.75, 3.05) is 0 Å². The lowest BCUT2D eigenvalue weighted by Gasteiger charge is -2.03. The lowest BCUT2D eigenvalue weighted by atomic mass is 9.97. The standard InChI is InChI=1S/C9H6O3/c10-6-3-4-8(12)9-5(6)1-2-7(9)11/h3-4H,1-2H2. The average Bonchev–Trinajstić information content (AvgIpc) is 2.42. The van der Waals surface area contributed by atoms with E-state index < -0.39 is 0 Å². The molecule has 0 aromatic heterocycles. The second-order valence-electron chi connectivity index (χ2n) is 2.84. The van der Waals surface area contributed by atoms with Crippen molar-refractivity contribution in [3.8, 4) is 0 Å². The molecule has 60 valence electrons. The summed E-state index contributed by atoms with van der Waals surface area (Å²) in [7, 11) is 0. The van der Waals surface area contributed by atoms with Gasteiger partial charge in [-0.2, -0.15) is 0 Å². The minimum absolute atomic E-state index is 0.127. The Balaban J connectivity index is 2.56. The summed E-state index contributed by atoms with van der Waals surface area (Å²) in [6.07, 6.45) is 3.15. The molecular weight excluding hydrogens is 156 g/mol. The molecule has 2 aliphatic rings. The van der Waals surface area contributed by atoms with E-state index >= 15 is 0 Å². The summed E-state index contributed by atoms with van der Waals surface area (Å²) in [6, 6.07) is 0. The lowest BCUT2D eigenvalue weighted by Crippen LogP contribution is -2.14. The molecule has 3 nitrogen and oxygen atoms in total. The van der Waals surface area contributed by atoms with Gasteiger partial charge in [0.15, 0.2) is 17.3 Å². The van der Waals surface area contributed by atoms with Gasteiger partial charge < -0.3 is 0 Å². The van der Waals surface area contributed by atoms with Crippen LogP contribution in [0.1, 0.15) is 12.8 Å². The molecule has 0 atom stereocenters. The predicted octanol–water partition coefficient (Wildman–Crippen LogP) is 0.354. The Morgan fingerprint density at radius 1 is 0.917 bits per heavy atom. The molecule has 0 spiro atoms. The van der Waals surface area contributed by atoms with Crippen LogP contribution in [0.25, 0.3) is 0 Å². The molecule has 0 radical (unpaired) electrons. The third-order valence-corrected chi connectivity index (χ3v) is 2.11. The van der Waals surface area contributed by atoms with E-state index in [2.05, 4.69) is 0 Å². The van der Waals surface area contributed by atoms with Crippen LogP contribution in [0, 0.1) is 0 Å². The Morgan fingerprint density at radius 2 is 1.58 bits per heavy atom. The van der Waals surface area contributed by atoms with Gasteiger partial charge in [-0.15, -0.1) is 0 Å². The molecule has 0 unspecified atom stereocenters. The summed E-state index contributed by atoms with van der Waals surface area (Å²) in [5.41, 5.74) is 0.537. The summed E-state index contributed by atoms with van der Waals surface area (Å²) >= 11 is 0. The van der Waals surface area contributed by atoms with Gasteiger partial charge in [-0.25, -0.2) is 0 Å². The van der Waals surface area contributed by atoms with Gasteiger partial charge in [-0.3, -0.25) is 14.4 Å². The SMILES string of the molecule is O=C1C=CC(=O)C2=C1CCC2=O. The molecule has 2 aliphatic carbocycles. The molecule has 0 heterocycles. The van der Waals surface area contributed by atoms with Crippen LogP contribution in [0.3, 0.4) is 0 Å². The van der Waals surface area contributed by atoms with Crippen LogP contribution in [0.4, 0.5) is 0 Å². The molecule has 3 heteroatoms. The van der Waals surface area contributed by atoms with E-state index in [1.54, 1.807) is 0 Å². The molecule has 0 N–H and O–H groups in total. The number of allylic oxidation sites excluding steroid dienone is 4. The number of rotatable bonds is 0. The van der Waals surface area contributed by atoms with E-state index in [1.807, 2.05) is 0 Å². The summed E-state index contributed by atoms with van der Waals surface area (Å²) in [5.74, 6) is -0.685. The summed E-state index contributed by atoms with van der Waals surface area (Å²) < 4.78 is 0. The van der Waals surface area contributed by atoms with Crippen LogP contribution in [0.15, 0.2) is 23.3 Å². The van der Waals surface area contributed by atoms with E-state index in [-0.39, 0.29) is 22.9 Å². The number of carbonyl (C=O) groups is 3. The molecule has 0 aliphatic heterocycles. The third kappa shape index (κ3) is 0.794. The topological polar surface area (TPSA) is 51.2 Å². The Labute approximate surface area is 68.8 Å². The van der Waals surface area contributed by atoms with Gasteiger partial charge in [0.1, 0.15) is 0 Å². The Morgan fingerprint density at radius 3 is 2.25 bits per heavy atom. The maximum atomic E-state index is 11.1. The fourth-order valence-corrected chi connectivity index (χ4v) is 1.52. The molecule has 0 amide bonds. The molecule has 0 bridgehead atoms.